The molecule has 0 radical (unpaired) electrons. The second-order valence-corrected chi connectivity index (χ2v) is 15.4. The SMILES string of the molecule is COc1cc(Oc2nc3c(N4CC5CCC(C4)N5C(=O)OC(C)(C)C)nc(OCC45CCCN4CCC5)nc3s2)c2c(F)cccc2c1. The molecule has 1 amide bonds. The van der Waals surface area contributed by atoms with E-state index in [1.165, 1.54) is 30.2 Å². The Balaban J connectivity index is 1.14. The Morgan fingerprint density at radius 1 is 1.06 bits per heavy atom. The third kappa shape index (κ3) is 5.64. The molecule has 4 aliphatic rings. The third-order valence-electron chi connectivity index (χ3n) is 10.2. The summed E-state index contributed by atoms with van der Waals surface area (Å²) >= 11 is 1.27. The first-order valence-electron chi connectivity index (χ1n) is 16.9. The lowest BCUT2D eigenvalue weighted by molar-refractivity contribution is 0.0122. The predicted octanol–water partition coefficient (Wildman–Crippen LogP) is 6.77. The van der Waals surface area contributed by atoms with Crippen molar-refractivity contribution in [3.8, 4) is 22.7 Å². The van der Waals surface area contributed by atoms with Crippen LogP contribution in [0.15, 0.2) is 30.3 Å². The Morgan fingerprint density at radius 2 is 1.81 bits per heavy atom. The second kappa shape index (κ2) is 11.9. The van der Waals surface area contributed by atoms with Crippen LogP contribution in [0.2, 0.25) is 0 Å². The number of carbonyl (C=O) groups is 1. The summed E-state index contributed by atoms with van der Waals surface area (Å²) in [4.78, 5) is 35.2. The minimum atomic E-state index is -0.569. The molecule has 6 heterocycles. The Morgan fingerprint density at radius 3 is 2.52 bits per heavy atom. The number of fused-ring (bicyclic) bond motifs is 5. The fourth-order valence-corrected chi connectivity index (χ4v) is 8.85. The van der Waals surface area contributed by atoms with Crippen molar-refractivity contribution in [3.05, 3.63) is 36.1 Å². The van der Waals surface area contributed by atoms with Crippen molar-refractivity contribution in [2.24, 2.45) is 0 Å². The summed E-state index contributed by atoms with van der Waals surface area (Å²) in [6, 6.07) is 8.61. The zero-order valence-electron chi connectivity index (χ0n) is 27.8. The molecule has 4 aliphatic heterocycles. The summed E-state index contributed by atoms with van der Waals surface area (Å²) in [7, 11) is 1.57. The maximum Gasteiger partial charge on any atom is 0.410 e. The van der Waals surface area contributed by atoms with Crippen molar-refractivity contribution in [2.75, 3.05) is 44.8 Å². The number of rotatable bonds is 7. The van der Waals surface area contributed by atoms with E-state index in [1.54, 1.807) is 25.3 Å². The lowest BCUT2D eigenvalue weighted by atomic mass is 9.95. The summed E-state index contributed by atoms with van der Waals surface area (Å²) in [5.41, 5.74) is 0.0537. The van der Waals surface area contributed by atoms with E-state index in [0.717, 1.165) is 38.8 Å². The first kappa shape index (κ1) is 31.3. The number of halogens is 1. The molecule has 254 valence electrons. The number of benzene rings is 2. The standard InChI is InChI=1S/C35H41FN6O5S/c1-34(2,3)47-33(43)42-22-10-11-23(42)19-40(18-22)29-28-30(39-31(38-29)45-20-35-12-6-14-41(35)15-7-13-35)48-32(37-28)46-26-17-24(44-4)16-21-8-5-9-25(36)27(21)26/h5,8-9,16-17,22-23H,6-7,10-15,18-20H2,1-4H3. The van der Waals surface area contributed by atoms with Crippen LogP contribution < -0.4 is 19.1 Å². The number of anilines is 1. The molecule has 4 fully saturated rings. The average Bonchev–Trinajstić information content (AvgIpc) is 3.80. The van der Waals surface area contributed by atoms with Gasteiger partial charge in [-0.2, -0.15) is 15.0 Å². The molecular weight excluding hydrogens is 635 g/mol. The highest BCUT2D eigenvalue weighted by Crippen LogP contribution is 2.43. The van der Waals surface area contributed by atoms with Crippen molar-refractivity contribution in [1.82, 2.24) is 24.8 Å². The highest BCUT2D eigenvalue weighted by molar-refractivity contribution is 7.19. The van der Waals surface area contributed by atoms with Crippen molar-refractivity contribution in [1.29, 1.82) is 0 Å². The van der Waals surface area contributed by atoms with Gasteiger partial charge in [0, 0.05) is 19.2 Å². The summed E-state index contributed by atoms with van der Waals surface area (Å²) in [5.74, 6) is 1.10. The van der Waals surface area contributed by atoms with Gasteiger partial charge in [0.25, 0.3) is 5.19 Å². The van der Waals surface area contributed by atoms with Crippen LogP contribution >= 0.6 is 11.3 Å². The van der Waals surface area contributed by atoms with Crippen LogP contribution in [0.4, 0.5) is 15.0 Å². The third-order valence-corrected chi connectivity index (χ3v) is 11.0. The molecule has 2 aromatic carbocycles. The molecule has 2 bridgehead atoms. The smallest absolute Gasteiger partial charge is 0.410 e. The van der Waals surface area contributed by atoms with E-state index in [4.69, 9.17) is 33.9 Å². The zero-order chi connectivity index (χ0) is 33.2. The van der Waals surface area contributed by atoms with Crippen molar-refractivity contribution >= 4 is 44.4 Å². The van der Waals surface area contributed by atoms with Gasteiger partial charge < -0.3 is 23.8 Å². The molecule has 8 rings (SSSR count). The molecule has 2 aromatic heterocycles. The molecule has 0 aliphatic carbocycles. The van der Waals surface area contributed by atoms with Gasteiger partial charge in [0.05, 0.1) is 30.1 Å². The summed E-state index contributed by atoms with van der Waals surface area (Å²) in [5, 5.41) is 1.31. The number of piperazine rings is 1. The van der Waals surface area contributed by atoms with Crippen molar-refractivity contribution < 1.29 is 28.1 Å². The molecule has 11 nitrogen and oxygen atoms in total. The van der Waals surface area contributed by atoms with Crippen LogP contribution in [0.25, 0.3) is 21.1 Å². The number of methoxy groups -OCH3 is 1. The van der Waals surface area contributed by atoms with Crippen molar-refractivity contribution in [3.63, 3.8) is 0 Å². The van der Waals surface area contributed by atoms with Gasteiger partial charge in [0.2, 0.25) is 0 Å². The van der Waals surface area contributed by atoms with Gasteiger partial charge in [-0.1, -0.05) is 23.5 Å². The molecule has 4 saturated heterocycles. The molecule has 2 atom stereocenters. The number of hydrogen-bond acceptors (Lipinski definition) is 11. The summed E-state index contributed by atoms with van der Waals surface area (Å²) in [6.45, 7) is 9.58. The summed E-state index contributed by atoms with van der Waals surface area (Å²) in [6.07, 6.45) is 6.07. The van der Waals surface area contributed by atoms with Crippen LogP contribution in [0.3, 0.4) is 0 Å². The van der Waals surface area contributed by atoms with Gasteiger partial charge in [-0.3, -0.25) is 9.80 Å². The highest BCUT2D eigenvalue weighted by atomic mass is 32.1. The quantitative estimate of drug-likeness (QED) is 0.208. The molecular formula is C35H41FN6O5S. The molecule has 4 aromatic rings. The fraction of sp³-hybridized carbons (Fsp3) is 0.543. The van der Waals surface area contributed by atoms with Crippen LogP contribution in [-0.4, -0.2) is 94.0 Å². The first-order chi connectivity index (χ1) is 23.1. The van der Waals surface area contributed by atoms with E-state index < -0.39 is 11.4 Å². The highest BCUT2D eigenvalue weighted by Gasteiger charge is 2.46. The van der Waals surface area contributed by atoms with Crippen LogP contribution in [-0.2, 0) is 4.74 Å². The lowest BCUT2D eigenvalue weighted by Gasteiger charge is -2.41. The minimum Gasteiger partial charge on any atom is -0.497 e. The number of nitrogens with zero attached hydrogens (tertiary/aromatic N) is 6. The molecule has 48 heavy (non-hydrogen) atoms. The Bertz CT molecular complexity index is 1860. The van der Waals surface area contributed by atoms with Gasteiger partial charge >= 0.3 is 12.1 Å². The van der Waals surface area contributed by atoms with Gasteiger partial charge in [-0.05, 0) is 89.9 Å². The van der Waals surface area contributed by atoms with E-state index in [-0.39, 0.29) is 23.7 Å². The largest absolute Gasteiger partial charge is 0.497 e. The van der Waals surface area contributed by atoms with Crippen molar-refractivity contribution in [2.45, 2.75) is 82.5 Å². The van der Waals surface area contributed by atoms with E-state index in [0.29, 0.717) is 69.3 Å². The van der Waals surface area contributed by atoms with E-state index in [1.807, 2.05) is 31.7 Å². The molecule has 13 heteroatoms. The lowest BCUT2D eigenvalue weighted by Crippen LogP contribution is -2.57. The Labute approximate surface area is 282 Å². The number of carbonyl (C=O) groups excluding carboxylic acids is 1. The first-order valence-corrected chi connectivity index (χ1v) is 17.7. The van der Waals surface area contributed by atoms with E-state index >= 15 is 4.39 Å². The maximum atomic E-state index is 15.1. The number of thiazole rings is 1. The number of ether oxygens (including phenoxy) is 4. The fourth-order valence-electron chi connectivity index (χ4n) is 8.06. The number of hydrogen-bond donors (Lipinski definition) is 0. The molecule has 0 spiro atoms. The molecule has 0 saturated carbocycles. The average molecular weight is 677 g/mol. The monoisotopic (exact) mass is 676 g/mol. The van der Waals surface area contributed by atoms with E-state index in [2.05, 4.69) is 9.80 Å². The molecule has 0 N–H and O–H groups in total. The predicted molar refractivity (Wildman–Crippen MR) is 181 cm³/mol. The van der Waals surface area contributed by atoms with Crippen LogP contribution in [0, 0.1) is 5.82 Å². The second-order valence-electron chi connectivity index (χ2n) is 14.4. The van der Waals surface area contributed by atoms with Crippen LogP contribution in [0.5, 0.6) is 22.7 Å². The zero-order valence-corrected chi connectivity index (χ0v) is 28.6. The maximum absolute atomic E-state index is 15.1. The topological polar surface area (TPSA) is 102 Å². The van der Waals surface area contributed by atoms with Gasteiger partial charge in [-0.25, -0.2) is 9.18 Å². The summed E-state index contributed by atoms with van der Waals surface area (Å²) < 4.78 is 39.1. The molecule has 2 unspecified atom stereocenters. The number of aromatic nitrogens is 3. The van der Waals surface area contributed by atoms with Gasteiger partial charge in [0.15, 0.2) is 10.6 Å². The van der Waals surface area contributed by atoms with Crippen LogP contribution in [0.1, 0.15) is 59.3 Å². The minimum absolute atomic E-state index is 0.0158. The van der Waals surface area contributed by atoms with Gasteiger partial charge in [0.1, 0.15) is 35.0 Å². The van der Waals surface area contributed by atoms with Gasteiger partial charge in [-0.15, -0.1) is 0 Å². The Hall–Kier alpha value is -3.97. The number of amides is 1. The normalized spacial score (nSPS) is 22.0. The Kier molecular flexibility index (Phi) is 7.74. The van der Waals surface area contributed by atoms with E-state index in [9.17, 15) is 4.79 Å².